The molecule has 2 atom stereocenters. The summed E-state index contributed by atoms with van der Waals surface area (Å²) < 4.78 is 41.2. The summed E-state index contributed by atoms with van der Waals surface area (Å²) in [4.78, 5) is 0. The van der Waals surface area contributed by atoms with E-state index < -0.39 is 22.4 Å². The summed E-state index contributed by atoms with van der Waals surface area (Å²) in [5.41, 5.74) is 0.619. The number of nitrogens with one attached hydrogen (secondary N) is 1. The summed E-state index contributed by atoms with van der Waals surface area (Å²) in [6.45, 7) is 1.10. The molecule has 2 aliphatic rings. The first-order valence-corrected chi connectivity index (χ1v) is 8.18. The van der Waals surface area contributed by atoms with E-state index in [1.165, 1.54) is 0 Å². The molecule has 0 spiro atoms. The summed E-state index contributed by atoms with van der Waals surface area (Å²) in [6, 6.07) is 6.01. The van der Waals surface area contributed by atoms with E-state index in [1.54, 1.807) is 24.3 Å². The van der Waals surface area contributed by atoms with Gasteiger partial charge in [-0.25, -0.2) is 0 Å². The van der Waals surface area contributed by atoms with Crippen LogP contribution < -0.4 is 8.91 Å². The maximum Gasteiger partial charge on any atom is 0.383 e. The van der Waals surface area contributed by atoms with Crippen molar-refractivity contribution in [2.24, 2.45) is 0 Å². The molecule has 0 aliphatic carbocycles. The van der Waals surface area contributed by atoms with Crippen molar-refractivity contribution < 1.29 is 27.2 Å². The molecule has 116 valence electrons. The van der Waals surface area contributed by atoms with Gasteiger partial charge in [-0.1, -0.05) is 18.2 Å². The van der Waals surface area contributed by atoms with E-state index in [2.05, 4.69) is 4.72 Å². The van der Waals surface area contributed by atoms with Crippen molar-refractivity contribution in [3.05, 3.63) is 29.8 Å². The normalized spacial score (nSPS) is 26.0. The predicted octanol–water partition coefficient (Wildman–Crippen LogP) is 0.468. The van der Waals surface area contributed by atoms with Crippen LogP contribution in [0.4, 0.5) is 0 Å². The zero-order valence-electron chi connectivity index (χ0n) is 11.3. The van der Waals surface area contributed by atoms with Gasteiger partial charge in [0.1, 0.15) is 5.75 Å². The number of hydrogen-bond acceptors (Lipinski definition) is 6. The van der Waals surface area contributed by atoms with Gasteiger partial charge in [0.15, 0.2) is 6.29 Å². The molecule has 2 heterocycles. The number of aliphatic hydroxyl groups excluding tert-OH is 1. The van der Waals surface area contributed by atoms with Crippen LogP contribution in [0, 0.1) is 0 Å². The molecule has 0 bridgehead atoms. The second kappa shape index (κ2) is 5.90. The number of para-hydroxylation sites is 1. The van der Waals surface area contributed by atoms with Crippen molar-refractivity contribution in [2.75, 3.05) is 13.2 Å². The summed E-state index contributed by atoms with van der Waals surface area (Å²) in [7, 11) is -3.90. The molecule has 2 aliphatic heterocycles. The SMILES string of the molecule is O=S1(=O)N[C@@H]([C@H](O)CCC2OCCO2)c2ccccc2O1. The Balaban J connectivity index is 1.73. The topological polar surface area (TPSA) is 94.1 Å². The zero-order valence-corrected chi connectivity index (χ0v) is 12.1. The Labute approximate surface area is 123 Å². The Bertz CT molecular complexity index is 598. The smallest absolute Gasteiger partial charge is 0.383 e. The van der Waals surface area contributed by atoms with Gasteiger partial charge in [0, 0.05) is 12.0 Å². The highest BCUT2D eigenvalue weighted by atomic mass is 32.2. The maximum atomic E-state index is 11.7. The van der Waals surface area contributed by atoms with E-state index in [0.29, 0.717) is 31.6 Å². The first-order chi connectivity index (χ1) is 10.1. The van der Waals surface area contributed by atoms with E-state index >= 15 is 0 Å². The number of ether oxygens (including phenoxy) is 2. The third kappa shape index (κ3) is 3.35. The van der Waals surface area contributed by atoms with Gasteiger partial charge in [-0.05, 0) is 12.5 Å². The van der Waals surface area contributed by atoms with Gasteiger partial charge in [-0.3, -0.25) is 0 Å². The van der Waals surface area contributed by atoms with Gasteiger partial charge >= 0.3 is 10.3 Å². The van der Waals surface area contributed by atoms with Crippen molar-refractivity contribution in [1.29, 1.82) is 0 Å². The van der Waals surface area contributed by atoms with Crippen LogP contribution >= 0.6 is 0 Å². The lowest BCUT2D eigenvalue weighted by Gasteiger charge is -2.29. The third-order valence-electron chi connectivity index (χ3n) is 3.50. The van der Waals surface area contributed by atoms with Crippen LogP contribution in [0.15, 0.2) is 24.3 Å². The van der Waals surface area contributed by atoms with Crippen molar-refractivity contribution in [2.45, 2.75) is 31.3 Å². The van der Waals surface area contributed by atoms with E-state index in [-0.39, 0.29) is 12.0 Å². The molecule has 0 radical (unpaired) electrons. The second-order valence-corrected chi connectivity index (χ2v) is 6.30. The van der Waals surface area contributed by atoms with Crippen LogP contribution in [0.5, 0.6) is 5.75 Å². The van der Waals surface area contributed by atoms with Crippen molar-refractivity contribution in [3.63, 3.8) is 0 Å². The maximum absolute atomic E-state index is 11.7. The third-order valence-corrected chi connectivity index (χ3v) is 4.44. The molecule has 1 aromatic carbocycles. The Morgan fingerprint density at radius 3 is 2.76 bits per heavy atom. The highest BCUT2D eigenvalue weighted by Crippen LogP contribution is 2.34. The number of benzene rings is 1. The highest BCUT2D eigenvalue weighted by Gasteiger charge is 2.35. The van der Waals surface area contributed by atoms with Crippen molar-refractivity contribution in [3.8, 4) is 5.75 Å². The molecule has 7 nitrogen and oxygen atoms in total. The number of hydrogen-bond donors (Lipinski definition) is 2. The summed E-state index contributed by atoms with van der Waals surface area (Å²) in [5, 5.41) is 10.3. The van der Waals surface area contributed by atoms with Gasteiger partial charge in [0.25, 0.3) is 0 Å². The highest BCUT2D eigenvalue weighted by molar-refractivity contribution is 7.85. The van der Waals surface area contributed by atoms with Crippen molar-refractivity contribution >= 4 is 10.3 Å². The van der Waals surface area contributed by atoms with E-state index in [1.807, 2.05) is 0 Å². The van der Waals surface area contributed by atoms with Gasteiger partial charge in [0.2, 0.25) is 0 Å². The molecule has 0 amide bonds. The molecule has 8 heteroatoms. The van der Waals surface area contributed by atoms with Gasteiger partial charge in [-0.15, -0.1) is 0 Å². The van der Waals surface area contributed by atoms with Crippen LogP contribution in [0.1, 0.15) is 24.4 Å². The molecular formula is C13H17NO6S. The van der Waals surface area contributed by atoms with Crippen LogP contribution in [0.25, 0.3) is 0 Å². The molecule has 3 rings (SSSR count). The lowest BCUT2D eigenvalue weighted by atomic mass is 9.98. The van der Waals surface area contributed by atoms with Gasteiger partial charge in [0.05, 0.1) is 25.4 Å². The van der Waals surface area contributed by atoms with Crippen LogP contribution in [0.2, 0.25) is 0 Å². The van der Waals surface area contributed by atoms with Crippen LogP contribution in [-0.4, -0.2) is 39.1 Å². The fraction of sp³-hybridized carbons (Fsp3) is 0.538. The quantitative estimate of drug-likeness (QED) is 0.839. The molecule has 1 saturated heterocycles. The van der Waals surface area contributed by atoms with Crippen LogP contribution in [-0.2, 0) is 19.8 Å². The lowest BCUT2D eigenvalue weighted by Crippen LogP contribution is -2.42. The molecular weight excluding hydrogens is 298 g/mol. The standard InChI is InChI=1S/C13H17NO6S/c15-10(5-6-12-18-7-8-19-12)13-9-3-1-2-4-11(9)20-21(16,17)14-13/h1-4,10,12-15H,5-8H2/t10-,13-/m1/s1. The predicted molar refractivity (Wildman–Crippen MR) is 72.8 cm³/mol. The largest absolute Gasteiger partial charge is 0.391 e. The minimum absolute atomic E-state index is 0.244. The first-order valence-electron chi connectivity index (χ1n) is 6.77. The summed E-state index contributed by atoms with van der Waals surface area (Å²) in [6.07, 6.45) is -0.363. The number of aliphatic hydroxyl groups is 1. The molecule has 0 saturated carbocycles. The molecule has 1 aromatic rings. The van der Waals surface area contributed by atoms with Crippen LogP contribution in [0.3, 0.4) is 0 Å². The minimum atomic E-state index is -3.90. The molecule has 2 N–H and O–H groups in total. The van der Waals surface area contributed by atoms with E-state index in [9.17, 15) is 13.5 Å². The average molecular weight is 315 g/mol. The summed E-state index contributed by atoms with van der Waals surface area (Å²) >= 11 is 0. The van der Waals surface area contributed by atoms with E-state index in [4.69, 9.17) is 13.7 Å². The monoisotopic (exact) mass is 315 g/mol. The first kappa shape index (κ1) is 14.7. The van der Waals surface area contributed by atoms with Gasteiger partial charge < -0.3 is 18.8 Å². The molecule has 1 fully saturated rings. The Kier molecular flexibility index (Phi) is 4.14. The van der Waals surface area contributed by atoms with Crippen molar-refractivity contribution in [1.82, 2.24) is 4.72 Å². The number of rotatable bonds is 4. The Morgan fingerprint density at radius 1 is 1.29 bits per heavy atom. The Morgan fingerprint density at radius 2 is 2.00 bits per heavy atom. The summed E-state index contributed by atoms with van der Waals surface area (Å²) in [5.74, 6) is 0.244. The molecule has 0 aromatic heterocycles. The molecule has 21 heavy (non-hydrogen) atoms. The fourth-order valence-corrected chi connectivity index (χ4v) is 3.54. The lowest BCUT2D eigenvalue weighted by molar-refractivity contribution is -0.0555. The second-order valence-electron chi connectivity index (χ2n) is 4.99. The molecule has 0 unspecified atom stereocenters. The Hall–Kier alpha value is -1.19. The average Bonchev–Trinajstić information content (AvgIpc) is 2.96. The van der Waals surface area contributed by atoms with Gasteiger partial charge in [-0.2, -0.15) is 13.1 Å². The zero-order chi connectivity index (χ0) is 14.9. The number of fused-ring (bicyclic) bond motifs is 1. The minimum Gasteiger partial charge on any atom is -0.391 e. The fourth-order valence-electron chi connectivity index (χ4n) is 2.51. The van der Waals surface area contributed by atoms with E-state index in [0.717, 1.165) is 0 Å².